The highest BCUT2D eigenvalue weighted by Gasteiger charge is 2.71. The van der Waals surface area contributed by atoms with E-state index in [4.69, 9.17) is 46.4 Å². The molecule has 0 aromatic rings. The second kappa shape index (κ2) is 3.26. The van der Waals surface area contributed by atoms with E-state index < -0.39 is 8.67 Å². The third-order valence-corrected chi connectivity index (χ3v) is 7.57. The van der Waals surface area contributed by atoms with Gasteiger partial charge in [0.1, 0.15) is 8.67 Å². The summed E-state index contributed by atoms with van der Waals surface area (Å²) in [5.41, 5.74) is -0.221. The van der Waals surface area contributed by atoms with Crippen molar-refractivity contribution < 1.29 is 0 Å². The number of alkyl halides is 4. The van der Waals surface area contributed by atoms with Crippen molar-refractivity contribution in [2.75, 3.05) is 0 Å². The maximum absolute atomic E-state index is 6.20. The van der Waals surface area contributed by atoms with Crippen molar-refractivity contribution in [2.45, 2.75) is 36.4 Å². The summed E-state index contributed by atoms with van der Waals surface area (Å²) in [4.78, 5) is 0. The standard InChI is InChI=1S/C12H16Cl4/c1-7-10(4,11(7,13)14)6-5-8-9(2,3)12(8,15)16/h5-8H,1-4H3. The molecule has 16 heavy (non-hydrogen) atoms. The largest absolute Gasteiger partial charge is 0.130 e. The Hall–Kier alpha value is 0.900. The number of allylic oxidation sites excluding steroid dienone is 2. The van der Waals surface area contributed by atoms with Crippen LogP contribution in [0.15, 0.2) is 12.2 Å². The van der Waals surface area contributed by atoms with Crippen LogP contribution >= 0.6 is 46.4 Å². The summed E-state index contributed by atoms with van der Waals surface area (Å²) in [6.07, 6.45) is 4.15. The summed E-state index contributed by atoms with van der Waals surface area (Å²) in [5, 5.41) is 0. The predicted molar refractivity (Wildman–Crippen MR) is 72.6 cm³/mol. The van der Waals surface area contributed by atoms with Crippen LogP contribution in [0.4, 0.5) is 0 Å². The van der Waals surface area contributed by atoms with Crippen LogP contribution in [0.3, 0.4) is 0 Å². The van der Waals surface area contributed by atoms with Crippen molar-refractivity contribution in [1.82, 2.24) is 0 Å². The van der Waals surface area contributed by atoms with Gasteiger partial charge in [-0.1, -0.05) is 39.8 Å². The van der Waals surface area contributed by atoms with E-state index in [-0.39, 0.29) is 22.7 Å². The van der Waals surface area contributed by atoms with Gasteiger partial charge in [-0.2, -0.15) is 0 Å². The Labute approximate surface area is 117 Å². The summed E-state index contributed by atoms with van der Waals surface area (Å²) >= 11 is 24.8. The van der Waals surface area contributed by atoms with Gasteiger partial charge >= 0.3 is 0 Å². The fourth-order valence-corrected chi connectivity index (χ4v) is 3.98. The lowest BCUT2D eigenvalue weighted by molar-refractivity contribution is 0.597. The van der Waals surface area contributed by atoms with Crippen LogP contribution in [0.1, 0.15) is 27.7 Å². The average molecular weight is 302 g/mol. The molecule has 0 spiro atoms. The van der Waals surface area contributed by atoms with Gasteiger partial charge in [0.2, 0.25) is 0 Å². The highest BCUT2D eigenvalue weighted by Crippen LogP contribution is 2.72. The lowest BCUT2D eigenvalue weighted by atomic mass is 10.0. The minimum Gasteiger partial charge on any atom is -0.100 e. The summed E-state index contributed by atoms with van der Waals surface area (Å²) in [6, 6.07) is 0. The van der Waals surface area contributed by atoms with Gasteiger partial charge in [-0.15, -0.1) is 46.4 Å². The Kier molecular flexibility index (Phi) is 2.72. The molecule has 3 unspecified atom stereocenters. The van der Waals surface area contributed by atoms with Gasteiger partial charge in [0, 0.05) is 22.7 Å². The lowest BCUT2D eigenvalue weighted by Crippen LogP contribution is -2.00. The Morgan fingerprint density at radius 3 is 1.56 bits per heavy atom. The molecule has 3 atom stereocenters. The minimum absolute atomic E-state index is 0.0671. The van der Waals surface area contributed by atoms with Gasteiger partial charge in [-0.3, -0.25) is 0 Å². The Balaban J connectivity index is 2.10. The molecule has 0 aromatic heterocycles. The zero-order chi connectivity index (χ0) is 12.6. The van der Waals surface area contributed by atoms with Gasteiger partial charge in [0.05, 0.1) is 0 Å². The maximum Gasteiger partial charge on any atom is 0.130 e. The number of halogens is 4. The molecule has 0 N–H and O–H groups in total. The van der Waals surface area contributed by atoms with E-state index in [1.54, 1.807) is 0 Å². The van der Waals surface area contributed by atoms with Crippen LogP contribution in [0, 0.1) is 22.7 Å². The molecule has 2 saturated carbocycles. The monoisotopic (exact) mass is 300 g/mol. The lowest BCUT2D eigenvalue weighted by Gasteiger charge is -2.04. The van der Waals surface area contributed by atoms with E-state index in [9.17, 15) is 0 Å². The highest BCUT2D eigenvalue weighted by atomic mass is 35.5. The molecule has 2 fully saturated rings. The molecule has 2 rings (SSSR count). The molecule has 0 heterocycles. The van der Waals surface area contributed by atoms with Crippen molar-refractivity contribution in [3.63, 3.8) is 0 Å². The van der Waals surface area contributed by atoms with Crippen LogP contribution < -0.4 is 0 Å². The Morgan fingerprint density at radius 2 is 1.31 bits per heavy atom. The molecule has 0 bridgehead atoms. The summed E-state index contributed by atoms with van der Waals surface area (Å²) in [5.74, 6) is 0.443. The molecule has 0 nitrogen and oxygen atoms in total. The van der Waals surface area contributed by atoms with Crippen LogP contribution in [0.25, 0.3) is 0 Å². The van der Waals surface area contributed by atoms with Gasteiger partial charge in [0.15, 0.2) is 0 Å². The van der Waals surface area contributed by atoms with Crippen molar-refractivity contribution >= 4 is 46.4 Å². The fourth-order valence-electron chi connectivity index (χ4n) is 2.37. The number of hydrogen-bond acceptors (Lipinski definition) is 0. The molecular formula is C12H16Cl4. The van der Waals surface area contributed by atoms with E-state index >= 15 is 0 Å². The van der Waals surface area contributed by atoms with Gasteiger partial charge in [0.25, 0.3) is 0 Å². The summed E-state index contributed by atoms with van der Waals surface area (Å²) in [7, 11) is 0. The van der Waals surface area contributed by atoms with E-state index in [1.165, 1.54) is 0 Å². The highest BCUT2D eigenvalue weighted by molar-refractivity contribution is 6.52. The van der Waals surface area contributed by atoms with E-state index in [0.29, 0.717) is 0 Å². The van der Waals surface area contributed by atoms with Crippen LogP contribution in [-0.4, -0.2) is 8.67 Å². The average Bonchev–Trinajstić information content (AvgIpc) is 2.68. The van der Waals surface area contributed by atoms with E-state index in [0.717, 1.165) is 0 Å². The third kappa shape index (κ3) is 1.43. The van der Waals surface area contributed by atoms with Crippen LogP contribution in [0.5, 0.6) is 0 Å². The van der Waals surface area contributed by atoms with Crippen LogP contribution in [-0.2, 0) is 0 Å². The minimum atomic E-state index is -0.653. The van der Waals surface area contributed by atoms with Crippen molar-refractivity contribution in [3.05, 3.63) is 12.2 Å². The summed E-state index contributed by atoms with van der Waals surface area (Å²) < 4.78 is -1.30. The molecular weight excluding hydrogens is 286 g/mol. The predicted octanol–water partition coefficient (Wildman–Crippen LogP) is 5.20. The normalized spacial score (nSPS) is 47.0. The van der Waals surface area contributed by atoms with E-state index in [2.05, 4.69) is 39.8 Å². The zero-order valence-corrected chi connectivity index (χ0v) is 12.8. The van der Waals surface area contributed by atoms with Crippen molar-refractivity contribution in [1.29, 1.82) is 0 Å². The molecule has 0 amide bonds. The van der Waals surface area contributed by atoms with Crippen molar-refractivity contribution in [2.24, 2.45) is 22.7 Å². The van der Waals surface area contributed by atoms with Crippen LogP contribution in [0.2, 0.25) is 0 Å². The Bertz CT molecular complexity index is 342. The molecule has 0 aliphatic heterocycles. The molecule has 0 aromatic carbocycles. The van der Waals surface area contributed by atoms with Crippen molar-refractivity contribution in [3.8, 4) is 0 Å². The zero-order valence-electron chi connectivity index (χ0n) is 9.82. The maximum atomic E-state index is 6.20. The molecule has 0 saturated heterocycles. The first-order valence-corrected chi connectivity index (χ1v) is 6.96. The first-order chi connectivity index (χ1) is 6.99. The van der Waals surface area contributed by atoms with Gasteiger partial charge < -0.3 is 0 Å². The van der Waals surface area contributed by atoms with Gasteiger partial charge in [-0.25, -0.2) is 0 Å². The second-order valence-electron chi connectivity index (χ2n) is 5.81. The first-order valence-electron chi connectivity index (χ1n) is 5.44. The quantitative estimate of drug-likeness (QED) is 0.485. The first kappa shape index (κ1) is 13.3. The molecule has 2 aliphatic carbocycles. The molecule has 0 radical (unpaired) electrons. The topological polar surface area (TPSA) is 0 Å². The molecule has 2 aliphatic rings. The Morgan fingerprint density at radius 1 is 0.938 bits per heavy atom. The molecule has 4 heteroatoms. The van der Waals surface area contributed by atoms with E-state index in [1.807, 2.05) is 0 Å². The van der Waals surface area contributed by atoms with Gasteiger partial charge in [-0.05, 0) is 0 Å². The smallest absolute Gasteiger partial charge is 0.100 e. The second-order valence-corrected chi connectivity index (χ2v) is 8.58. The number of rotatable bonds is 2. The third-order valence-electron chi connectivity index (χ3n) is 4.66. The fraction of sp³-hybridized carbons (Fsp3) is 0.833. The summed E-state index contributed by atoms with van der Waals surface area (Å²) in [6.45, 7) is 8.25. The molecule has 92 valence electrons. The SMILES string of the molecule is CC1C(Cl)(Cl)C1(C)C=CC1C(C)(C)C1(Cl)Cl. The number of hydrogen-bond donors (Lipinski definition) is 0.